The molecule has 0 radical (unpaired) electrons. The Morgan fingerprint density at radius 1 is 1.30 bits per heavy atom. The van der Waals surface area contributed by atoms with Crippen LogP contribution in [-0.2, 0) is 0 Å². The number of hydrogen-bond acceptors (Lipinski definition) is 6. The van der Waals surface area contributed by atoms with Crippen molar-refractivity contribution in [3.63, 3.8) is 0 Å². The number of thioether (sulfide) groups is 1. The summed E-state index contributed by atoms with van der Waals surface area (Å²) in [5.41, 5.74) is 0.915. The Balaban J connectivity index is 1.63. The molecule has 2 aromatic heterocycles. The van der Waals surface area contributed by atoms with Gasteiger partial charge in [-0.05, 0) is 52.3 Å². The maximum absolute atomic E-state index is 12.1. The van der Waals surface area contributed by atoms with Crippen molar-refractivity contribution in [2.75, 3.05) is 12.9 Å². The lowest BCUT2D eigenvalue weighted by atomic mass is 10.2. The number of ketones is 1. The second-order valence-corrected chi connectivity index (χ2v) is 7.92. The van der Waals surface area contributed by atoms with E-state index in [1.807, 2.05) is 36.4 Å². The molecule has 0 fully saturated rings. The quantitative estimate of drug-likeness (QED) is 0.485. The van der Waals surface area contributed by atoms with Crippen LogP contribution in [0.4, 0.5) is 0 Å². The molecule has 118 valence electrons. The lowest BCUT2D eigenvalue weighted by molar-refractivity contribution is 0.102. The average Bonchev–Trinajstić information content (AvgIpc) is 3.22. The molecule has 8 heteroatoms. The summed E-state index contributed by atoms with van der Waals surface area (Å²) in [5, 5.41) is 7.59. The number of halogens is 1. The van der Waals surface area contributed by atoms with E-state index in [2.05, 4.69) is 31.1 Å². The predicted molar refractivity (Wildman–Crippen MR) is 95.4 cm³/mol. The maximum Gasteiger partial charge on any atom is 0.209 e. The number of carbonyl (C=O) groups is 1. The number of Topliss-reactive ketones (excluding diaryl/α,β-unsaturated/α-hetero) is 1. The van der Waals surface area contributed by atoms with Crippen LogP contribution in [0.5, 0.6) is 5.75 Å². The lowest BCUT2D eigenvalue weighted by Crippen LogP contribution is -1.99. The molecule has 0 aliphatic heterocycles. The topological polar surface area (TPSA) is 67.9 Å². The number of hydrogen-bond donors (Lipinski definition) is 1. The molecule has 23 heavy (non-hydrogen) atoms. The second kappa shape index (κ2) is 7.29. The summed E-state index contributed by atoms with van der Waals surface area (Å²) in [6.45, 7) is 0. The highest BCUT2D eigenvalue weighted by atomic mass is 79.9. The number of carbonyl (C=O) groups excluding carboxylic acids is 1. The molecule has 0 unspecified atom stereocenters. The van der Waals surface area contributed by atoms with E-state index in [0.29, 0.717) is 16.7 Å². The van der Waals surface area contributed by atoms with Gasteiger partial charge in [-0.25, -0.2) is 4.98 Å². The van der Waals surface area contributed by atoms with Gasteiger partial charge in [-0.1, -0.05) is 11.8 Å². The molecule has 0 saturated heterocycles. The first-order valence-electron chi connectivity index (χ1n) is 6.64. The normalized spacial score (nSPS) is 10.7. The minimum absolute atomic E-state index is 0.0708. The third-order valence-corrected chi connectivity index (χ3v) is 5.52. The van der Waals surface area contributed by atoms with Crippen molar-refractivity contribution in [3.05, 3.63) is 45.1 Å². The van der Waals surface area contributed by atoms with Gasteiger partial charge in [0, 0.05) is 5.56 Å². The number of nitrogens with zero attached hydrogens (tertiary/aromatic N) is 2. The third-order valence-electron chi connectivity index (χ3n) is 3.01. The van der Waals surface area contributed by atoms with Crippen molar-refractivity contribution >= 4 is 44.8 Å². The minimum Gasteiger partial charge on any atom is -0.497 e. The number of aromatic amines is 1. The molecule has 3 aromatic rings. The largest absolute Gasteiger partial charge is 0.497 e. The molecule has 0 amide bonds. The van der Waals surface area contributed by atoms with E-state index in [-0.39, 0.29) is 5.78 Å². The SMILES string of the molecule is COc1ccc(-c2nc(SCC(=O)c3ccc(Br)s3)n[nH]2)cc1. The van der Waals surface area contributed by atoms with E-state index >= 15 is 0 Å². The molecular weight excluding hydrogens is 398 g/mol. The van der Waals surface area contributed by atoms with E-state index in [1.165, 1.54) is 23.1 Å². The Morgan fingerprint density at radius 2 is 2.09 bits per heavy atom. The van der Waals surface area contributed by atoms with Crippen molar-refractivity contribution in [2.24, 2.45) is 0 Å². The van der Waals surface area contributed by atoms with Crippen molar-refractivity contribution in [1.82, 2.24) is 15.2 Å². The van der Waals surface area contributed by atoms with Crippen LogP contribution in [0.1, 0.15) is 9.67 Å². The monoisotopic (exact) mass is 409 g/mol. The van der Waals surface area contributed by atoms with Crippen molar-refractivity contribution in [2.45, 2.75) is 5.16 Å². The molecule has 0 bridgehead atoms. The Bertz CT molecular complexity index is 814. The van der Waals surface area contributed by atoms with Crippen LogP contribution in [0.2, 0.25) is 0 Å². The molecule has 0 atom stereocenters. The fraction of sp³-hybridized carbons (Fsp3) is 0.133. The van der Waals surface area contributed by atoms with E-state index < -0.39 is 0 Å². The summed E-state index contributed by atoms with van der Waals surface area (Å²) < 4.78 is 6.08. The van der Waals surface area contributed by atoms with Gasteiger partial charge in [-0.2, -0.15) is 0 Å². The third kappa shape index (κ3) is 4.01. The average molecular weight is 410 g/mol. The van der Waals surface area contributed by atoms with Gasteiger partial charge in [0.05, 0.1) is 21.5 Å². The first-order chi connectivity index (χ1) is 11.2. The first-order valence-corrected chi connectivity index (χ1v) is 9.23. The standard InChI is InChI=1S/C15H12BrN3O2S2/c1-21-10-4-2-9(3-5-10)14-17-15(19-18-14)22-8-11(20)12-6-7-13(16)23-12/h2-7H,8H2,1H3,(H,17,18,19). The Hall–Kier alpha value is -1.64. The number of thiophene rings is 1. The van der Waals surface area contributed by atoms with Gasteiger partial charge in [0.15, 0.2) is 11.6 Å². The predicted octanol–water partition coefficient (Wildman–Crippen LogP) is 4.28. The summed E-state index contributed by atoms with van der Waals surface area (Å²) in [6, 6.07) is 11.2. The van der Waals surface area contributed by atoms with Crippen LogP contribution in [0.15, 0.2) is 45.3 Å². The first kappa shape index (κ1) is 16.2. The van der Waals surface area contributed by atoms with E-state index in [4.69, 9.17) is 4.74 Å². The van der Waals surface area contributed by atoms with Gasteiger partial charge in [-0.15, -0.1) is 16.4 Å². The van der Waals surface area contributed by atoms with E-state index in [9.17, 15) is 4.79 Å². The molecule has 5 nitrogen and oxygen atoms in total. The highest BCUT2D eigenvalue weighted by molar-refractivity contribution is 9.11. The van der Waals surface area contributed by atoms with E-state index in [0.717, 1.165) is 20.0 Å². The Labute approximate surface area is 149 Å². The molecule has 0 aliphatic rings. The van der Waals surface area contributed by atoms with Crippen LogP contribution in [-0.4, -0.2) is 33.8 Å². The molecule has 0 spiro atoms. The molecule has 0 aliphatic carbocycles. The number of nitrogens with one attached hydrogen (secondary N) is 1. The van der Waals surface area contributed by atoms with Crippen LogP contribution >= 0.6 is 39.0 Å². The molecule has 1 N–H and O–H groups in total. The molecule has 1 aromatic carbocycles. The Morgan fingerprint density at radius 3 is 2.74 bits per heavy atom. The van der Waals surface area contributed by atoms with Gasteiger partial charge >= 0.3 is 0 Å². The summed E-state index contributed by atoms with van der Waals surface area (Å²) in [4.78, 5) is 17.2. The zero-order valence-electron chi connectivity index (χ0n) is 12.1. The maximum atomic E-state index is 12.1. The highest BCUT2D eigenvalue weighted by Crippen LogP contribution is 2.25. The van der Waals surface area contributed by atoms with Crippen LogP contribution in [0.3, 0.4) is 0 Å². The van der Waals surface area contributed by atoms with Gasteiger partial charge in [-0.3, -0.25) is 9.89 Å². The number of ether oxygens (including phenoxy) is 1. The van der Waals surface area contributed by atoms with Crippen molar-refractivity contribution in [3.8, 4) is 17.1 Å². The number of H-pyrrole nitrogens is 1. The second-order valence-electron chi connectivity index (χ2n) is 4.51. The van der Waals surface area contributed by atoms with Crippen LogP contribution in [0, 0.1) is 0 Å². The van der Waals surface area contributed by atoms with Gasteiger partial charge < -0.3 is 4.74 Å². The van der Waals surface area contributed by atoms with Crippen molar-refractivity contribution in [1.29, 1.82) is 0 Å². The minimum atomic E-state index is 0.0708. The molecular formula is C15H12BrN3O2S2. The number of methoxy groups -OCH3 is 1. The van der Waals surface area contributed by atoms with Crippen LogP contribution in [0.25, 0.3) is 11.4 Å². The highest BCUT2D eigenvalue weighted by Gasteiger charge is 2.12. The Kier molecular flexibility index (Phi) is 5.14. The zero-order valence-corrected chi connectivity index (χ0v) is 15.3. The smallest absolute Gasteiger partial charge is 0.209 e. The van der Waals surface area contributed by atoms with Gasteiger partial charge in [0.1, 0.15) is 5.75 Å². The summed E-state index contributed by atoms with van der Waals surface area (Å²) in [6.07, 6.45) is 0. The number of rotatable bonds is 6. The van der Waals surface area contributed by atoms with Gasteiger partial charge in [0.2, 0.25) is 5.16 Å². The molecule has 0 saturated carbocycles. The van der Waals surface area contributed by atoms with Crippen molar-refractivity contribution < 1.29 is 9.53 Å². The summed E-state index contributed by atoms with van der Waals surface area (Å²) in [7, 11) is 1.63. The fourth-order valence-electron chi connectivity index (χ4n) is 1.85. The van der Waals surface area contributed by atoms with Crippen LogP contribution < -0.4 is 4.74 Å². The fourth-order valence-corrected chi connectivity index (χ4v) is 3.95. The molecule has 3 rings (SSSR count). The summed E-state index contributed by atoms with van der Waals surface area (Å²) >= 11 is 6.11. The molecule has 2 heterocycles. The summed E-state index contributed by atoms with van der Waals surface area (Å²) in [5.74, 6) is 1.84. The lowest BCUT2D eigenvalue weighted by Gasteiger charge is -1.99. The zero-order chi connectivity index (χ0) is 16.2. The van der Waals surface area contributed by atoms with Gasteiger partial charge in [0.25, 0.3) is 0 Å². The number of benzene rings is 1. The number of aromatic nitrogens is 3. The van der Waals surface area contributed by atoms with E-state index in [1.54, 1.807) is 7.11 Å².